The summed E-state index contributed by atoms with van der Waals surface area (Å²) in [5, 5.41) is 9.65. The predicted molar refractivity (Wildman–Crippen MR) is 167 cm³/mol. The Bertz CT molecular complexity index is 1030. The van der Waals surface area contributed by atoms with Crippen molar-refractivity contribution in [1.82, 2.24) is 0 Å². The molecule has 0 bridgehead atoms. The number of nitrogens with zero attached hydrogens (tertiary/aromatic N) is 1. The molecule has 2 aromatic rings. The van der Waals surface area contributed by atoms with Crippen LogP contribution in [0.3, 0.4) is 0 Å². The Morgan fingerprint density at radius 2 is 1.25 bits per heavy atom. The molecule has 1 fully saturated rings. The number of hydrogen-bond donors (Lipinski definition) is 0. The van der Waals surface area contributed by atoms with Crippen LogP contribution in [0.1, 0.15) is 151 Å². The van der Waals surface area contributed by atoms with Gasteiger partial charge in [-0.25, -0.2) is 0 Å². The summed E-state index contributed by atoms with van der Waals surface area (Å²) in [4.78, 5) is 13.0. The molecule has 1 saturated carbocycles. The fourth-order valence-corrected chi connectivity index (χ4v) is 6.12. The molecule has 40 heavy (non-hydrogen) atoms. The van der Waals surface area contributed by atoms with Crippen LogP contribution in [0.5, 0.6) is 5.75 Å². The van der Waals surface area contributed by atoms with Gasteiger partial charge < -0.3 is 4.74 Å². The van der Waals surface area contributed by atoms with Crippen molar-refractivity contribution in [3.05, 3.63) is 64.7 Å². The Labute approximate surface area is 244 Å². The molecule has 0 N–H and O–H groups in total. The van der Waals surface area contributed by atoms with E-state index < -0.39 is 0 Å². The summed E-state index contributed by atoms with van der Waals surface area (Å²) >= 11 is 0. The molecule has 0 aliphatic heterocycles. The lowest BCUT2D eigenvalue weighted by molar-refractivity contribution is -0.140. The molecule has 0 aromatic heterocycles. The number of nitriles is 1. The molecule has 0 atom stereocenters. The smallest absolute Gasteiger partial charge is 0.314 e. The zero-order valence-electron chi connectivity index (χ0n) is 25.4. The molecule has 1 aliphatic carbocycles. The van der Waals surface area contributed by atoms with Crippen molar-refractivity contribution in [2.24, 2.45) is 5.92 Å². The minimum atomic E-state index is -0.178. The van der Waals surface area contributed by atoms with Crippen molar-refractivity contribution < 1.29 is 9.53 Å². The van der Waals surface area contributed by atoms with Crippen molar-refractivity contribution in [3.8, 4) is 11.8 Å². The Kier molecular flexibility index (Phi) is 14.9. The molecule has 0 radical (unpaired) electrons. The minimum Gasteiger partial charge on any atom is -0.425 e. The van der Waals surface area contributed by atoms with E-state index in [1.165, 1.54) is 94.6 Å². The molecule has 0 spiro atoms. The van der Waals surface area contributed by atoms with Crippen LogP contribution in [0.25, 0.3) is 0 Å². The third-order valence-corrected chi connectivity index (χ3v) is 8.77. The second-order valence-corrected chi connectivity index (χ2v) is 12.0. The zero-order valence-corrected chi connectivity index (χ0v) is 25.4. The van der Waals surface area contributed by atoms with Gasteiger partial charge in [0.1, 0.15) is 11.8 Å². The Balaban J connectivity index is 1.38. The standard InChI is InChI=1S/C37H53NO2/c1-3-5-7-9-10-11-13-14-16-30-18-21-32(22-19-30)33-23-25-34(26-24-33)37(39)40-36-27-20-31(28-35(36)29-38)17-15-12-8-6-4-2/h18-22,27-28,33-34H,3-17,23-26H2,1-2H3. The number of carbonyl (C=O) groups excluding carboxylic acids is 1. The molecule has 0 amide bonds. The van der Waals surface area contributed by atoms with Crippen LogP contribution in [0.15, 0.2) is 42.5 Å². The van der Waals surface area contributed by atoms with Gasteiger partial charge in [0.15, 0.2) is 0 Å². The highest BCUT2D eigenvalue weighted by Crippen LogP contribution is 2.37. The first-order valence-corrected chi connectivity index (χ1v) is 16.5. The van der Waals surface area contributed by atoms with E-state index in [2.05, 4.69) is 44.2 Å². The summed E-state index contributed by atoms with van der Waals surface area (Å²) < 4.78 is 5.76. The van der Waals surface area contributed by atoms with Crippen molar-refractivity contribution >= 4 is 5.97 Å². The van der Waals surface area contributed by atoms with E-state index >= 15 is 0 Å². The highest BCUT2D eigenvalue weighted by Gasteiger charge is 2.29. The molecule has 0 saturated heterocycles. The predicted octanol–water partition coefficient (Wildman–Crippen LogP) is 10.6. The number of benzene rings is 2. The number of rotatable bonds is 18. The second-order valence-electron chi connectivity index (χ2n) is 12.0. The lowest BCUT2D eigenvalue weighted by Crippen LogP contribution is -2.25. The average Bonchev–Trinajstić information content (AvgIpc) is 2.99. The van der Waals surface area contributed by atoms with Gasteiger partial charge >= 0.3 is 5.97 Å². The molecule has 1 aliphatic rings. The zero-order chi connectivity index (χ0) is 28.4. The number of aryl methyl sites for hydroxylation is 2. The maximum absolute atomic E-state index is 13.0. The minimum absolute atomic E-state index is 0.0812. The largest absolute Gasteiger partial charge is 0.425 e. The first-order valence-electron chi connectivity index (χ1n) is 16.5. The number of hydrogen-bond acceptors (Lipinski definition) is 3. The van der Waals surface area contributed by atoms with Crippen LogP contribution in [-0.2, 0) is 17.6 Å². The van der Waals surface area contributed by atoms with Crippen molar-refractivity contribution in [2.75, 3.05) is 0 Å². The lowest BCUT2D eigenvalue weighted by atomic mass is 9.78. The number of esters is 1. The van der Waals surface area contributed by atoms with Crippen LogP contribution in [0, 0.1) is 17.2 Å². The second kappa shape index (κ2) is 18.7. The topological polar surface area (TPSA) is 50.1 Å². The van der Waals surface area contributed by atoms with Crippen molar-refractivity contribution in [2.45, 2.75) is 142 Å². The van der Waals surface area contributed by atoms with Gasteiger partial charge in [-0.3, -0.25) is 4.79 Å². The van der Waals surface area contributed by atoms with Gasteiger partial charge in [0.05, 0.1) is 11.5 Å². The van der Waals surface area contributed by atoms with Gasteiger partial charge in [0, 0.05) is 0 Å². The van der Waals surface area contributed by atoms with E-state index in [4.69, 9.17) is 4.74 Å². The van der Waals surface area contributed by atoms with Crippen LogP contribution in [0.4, 0.5) is 0 Å². The highest BCUT2D eigenvalue weighted by atomic mass is 16.5. The van der Waals surface area contributed by atoms with Crippen LogP contribution >= 0.6 is 0 Å². The molecule has 3 heteroatoms. The molecule has 0 unspecified atom stereocenters. The SMILES string of the molecule is CCCCCCCCCCc1ccc(C2CCC(C(=O)Oc3ccc(CCCCCCC)cc3C#N)CC2)cc1. The third-order valence-electron chi connectivity index (χ3n) is 8.77. The van der Waals surface area contributed by atoms with Crippen molar-refractivity contribution in [3.63, 3.8) is 0 Å². The quantitative estimate of drug-likeness (QED) is 0.107. The monoisotopic (exact) mass is 543 g/mol. The Hall–Kier alpha value is -2.60. The van der Waals surface area contributed by atoms with Gasteiger partial charge in [0.25, 0.3) is 0 Å². The summed E-state index contributed by atoms with van der Waals surface area (Å²) in [6.45, 7) is 4.50. The molecule has 3 nitrogen and oxygen atoms in total. The van der Waals surface area contributed by atoms with Gasteiger partial charge in [-0.05, 0) is 86.1 Å². The van der Waals surface area contributed by atoms with Gasteiger partial charge in [-0.1, -0.05) is 115 Å². The van der Waals surface area contributed by atoms with Gasteiger partial charge in [-0.15, -0.1) is 0 Å². The van der Waals surface area contributed by atoms with Crippen molar-refractivity contribution in [1.29, 1.82) is 5.26 Å². The maximum Gasteiger partial charge on any atom is 0.314 e. The van der Waals surface area contributed by atoms with Gasteiger partial charge in [-0.2, -0.15) is 5.26 Å². The van der Waals surface area contributed by atoms with E-state index in [9.17, 15) is 10.1 Å². The van der Waals surface area contributed by atoms with E-state index in [0.717, 1.165) is 44.1 Å². The summed E-state index contributed by atoms with van der Waals surface area (Å²) in [6.07, 6.45) is 22.9. The molecule has 218 valence electrons. The first kappa shape index (κ1) is 31.9. The summed E-state index contributed by atoms with van der Waals surface area (Å²) in [5.41, 5.74) is 4.48. The fraction of sp³-hybridized carbons (Fsp3) is 0.622. The summed E-state index contributed by atoms with van der Waals surface area (Å²) in [6, 6.07) is 17.2. The van der Waals surface area contributed by atoms with E-state index in [-0.39, 0.29) is 11.9 Å². The first-order chi connectivity index (χ1) is 19.6. The van der Waals surface area contributed by atoms with Crippen LogP contribution in [0.2, 0.25) is 0 Å². The lowest BCUT2D eigenvalue weighted by Gasteiger charge is -2.27. The van der Waals surface area contributed by atoms with E-state index in [0.29, 0.717) is 17.2 Å². The molecular weight excluding hydrogens is 490 g/mol. The van der Waals surface area contributed by atoms with E-state index in [1.54, 1.807) is 0 Å². The third kappa shape index (κ3) is 11.1. The van der Waals surface area contributed by atoms with Gasteiger partial charge in [0.2, 0.25) is 0 Å². The fourth-order valence-electron chi connectivity index (χ4n) is 6.12. The normalized spacial score (nSPS) is 16.9. The van der Waals surface area contributed by atoms with Crippen LogP contribution < -0.4 is 4.74 Å². The molecular formula is C37H53NO2. The summed E-state index contributed by atoms with van der Waals surface area (Å²) in [7, 11) is 0. The number of carbonyl (C=O) groups is 1. The maximum atomic E-state index is 13.0. The summed E-state index contributed by atoms with van der Waals surface area (Å²) in [5.74, 6) is 0.675. The Morgan fingerprint density at radius 3 is 1.82 bits per heavy atom. The van der Waals surface area contributed by atoms with Crippen LogP contribution in [-0.4, -0.2) is 5.97 Å². The Morgan fingerprint density at radius 1 is 0.725 bits per heavy atom. The average molecular weight is 544 g/mol. The number of unbranched alkanes of at least 4 members (excludes halogenated alkanes) is 11. The van der Waals surface area contributed by atoms with E-state index in [1.807, 2.05) is 18.2 Å². The number of ether oxygens (including phenoxy) is 1. The molecule has 0 heterocycles. The molecule has 3 rings (SSSR count). The highest BCUT2D eigenvalue weighted by molar-refractivity contribution is 5.76. The molecule has 2 aromatic carbocycles.